The Labute approximate surface area is 98.6 Å². The number of hydrogen-bond donors (Lipinski definition) is 1. The highest BCUT2D eigenvalue weighted by Crippen LogP contribution is 2.46. The van der Waals surface area contributed by atoms with Crippen LogP contribution in [-0.4, -0.2) is 5.54 Å². The lowest BCUT2D eigenvalue weighted by Gasteiger charge is -2.33. The van der Waals surface area contributed by atoms with Crippen molar-refractivity contribution in [2.75, 3.05) is 0 Å². The largest absolute Gasteiger partial charge is 0.320 e. The molecule has 4 heteroatoms. The fourth-order valence-corrected chi connectivity index (χ4v) is 2.39. The van der Waals surface area contributed by atoms with Crippen LogP contribution in [0.15, 0.2) is 24.3 Å². The van der Waals surface area contributed by atoms with Crippen molar-refractivity contribution < 1.29 is 8.78 Å². The topological polar surface area (TPSA) is 26.0 Å². The molecular formula is C12H14ClF2N. The van der Waals surface area contributed by atoms with Gasteiger partial charge in [0.15, 0.2) is 0 Å². The zero-order chi connectivity index (χ0) is 11.8. The lowest BCUT2D eigenvalue weighted by molar-refractivity contribution is -0.0794. The van der Waals surface area contributed by atoms with E-state index in [9.17, 15) is 8.78 Å². The van der Waals surface area contributed by atoms with Gasteiger partial charge in [-0.15, -0.1) is 0 Å². The van der Waals surface area contributed by atoms with Crippen LogP contribution in [0.5, 0.6) is 0 Å². The number of nitrogens with two attached hydrogens (primary N) is 1. The van der Waals surface area contributed by atoms with Crippen molar-refractivity contribution in [2.45, 2.75) is 37.1 Å². The van der Waals surface area contributed by atoms with Crippen LogP contribution in [0, 0.1) is 0 Å². The molecule has 16 heavy (non-hydrogen) atoms. The Morgan fingerprint density at radius 1 is 1.12 bits per heavy atom. The van der Waals surface area contributed by atoms with Crippen LogP contribution in [-0.2, 0) is 5.92 Å². The fourth-order valence-electron chi connectivity index (χ4n) is 2.27. The van der Waals surface area contributed by atoms with Gasteiger partial charge in [0, 0.05) is 10.6 Å². The molecule has 1 aliphatic carbocycles. The molecule has 1 aromatic carbocycles. The van der Waals surface area contributed by atoms with Crippen molar-refractivity contribution in [3.8, 4) is 0 Å². The highest BCUT2D eigenvalue weighted by atomic mass is 35.5. The molecule has 1 aromatic rings. The predicted molar refractivity (Wildman–Crippen MR) is 60.7 cm³/mol. The molecule has 0 spiro atoms. The monoisotopic (exact) mass is 245 g/mol. The van der Waals surface area contributed by atoms with Crippen molar-refractivity contribution in [3.05, 3.63) is 34.9 Å². The second kappa shape index (κ2) is 3.97. The molecule has 0 saturated heterocycles. The lowest BCUT2D eigenvalue weighted by Crippen LogP contribution is -2.51. The van der Waals surface area contributed by atoms with Crippen LogP contribution in [0.25, 0.3) is 0 Å². The van der Waals surface area contributed by atoms with E-state index in [-0.39, 0.29) is 5.56 Å². The van der Waals surface area contributed by atoms with Crippen molar-refractivity contribution in [1.82, 2.24) is 0 Å². The van der Waals surface area contributed by atoms with E-state index in [4.69, 9.17) is 17.3 Å². The van der Waals surface area contributed by atoms with Gasteiger partial charge in [0.25, 0.3) is 5.92 Å². The number of hydrogen-bond acceptors (Lipinski definition) is 1. The van der Waals surface area contributed by atoms with Crippen LogP contribution >= 0.6 is 11.6 Å². The van der Waals surface area contributed by atoms with Crippen LogP contribution in [0.3, 0.4) is 0 Å². The van der Waals surface area contributed by atoms with Crippen LogP contribution in [0.1, 0.15) is 31.2 Å². The van der Waals surface area contributed by atoms with Gasteiger partial charge in [-0.2, -0.15) is 8.78 Å². The molecule has 0 aliphatic heterocycles. The van der Waals surface area contributed by atoms with Crippen LogP contribution in [0.4, 0.5) is 8.78 Å². The summed E-state index contributed by atoms with van der Waals surface area (Å²) in [4.78, 5) is 0. The van der Waals surface area contributed by atoms with E-state index in [1.165, 1.54) is 24.3 Å². The van der Waals surface area contributed by atoms with Gasteiger partial charge < -0.3 is 5.73 Å². The average Bonchev–Trinajstić information content (AvgIpc) is 2.67. The first-order chi connectivity index (χ1) is 7.46. The maximum atomic E-state index is 14.2. The molecule has 0 aromatic heterocycles. The standard InChI is InChI=1S/C12H14ClF2N/c13-10-5-3-9(4-6-10)12(14,15)11(16)7-1-2-8-11/h3-6H,1-2,7-8,16H2. The Morgan fingerprint density at radius 3 is 2.12 bits per heavy atom. The molecule has 2 N–H and O–H groups in total. The van der Waals surface area contributed by atoms with Gasteiger partial charge in [0.1, 0.15) is 0 Å². The molecule has 1 aliphatic rings. The fraction of sp³-hybridized carbons (Fsp3) is 0.500. The maximum absolute atomic E-state index is 14.2. The Hall–Kier alpha value is -0.670. The van der Waals surface area contributed by atoms with E-state index >= 15 is 0 Å². The summed E-state index contributed by atoms with van der Waals surface area (Å²) >= 11 is 5.68. The molecular weight excluding hydrogens is 232 g/mol. The summed E-state index contributed by atoms with van der Waals surface area (Å²) in [7, 11) is 0. The van der Waals surface area contributed by atoms with E-state index in [1.54, 1.807) is 0 Å². The molecule has 0 unspecified atom stereocenters. The van der Waals surface area contributed by atoms with Crippen molar-refractivity contribution in [2.24, 2.45) is 5.73 Å². The van der Waals surface area contributed by atoms with E-state index in [0.29, 0.717) is 17.9 Å². The van der Waals surface area contributed by atoms with Crippen LogP contribution < -0.4 is 5.73 Å². The first-order valence-electron chi connectivity index (χ1n) is 5.38. The summed E-state index contributed by atoms with van der Waals surface area (Å²) in [6, 6.07) is 5.66. The molecule has 0 radical (unpaired) electrons. The van der Waals surface area contributed by atoms with Gasteiger partial charge in [-0.3, -0.25) is 0 Å². The summed E-state index contributed by atoms with van der Waals surface area (Å²) in [6.07, 6.45) is 2.31. The van der Waals surface area contributed by atoms with Gasteiger partial charge in [-0.25, -0.2) is 0 Å². The Balaban J connectivity index is 2.34. The SMILES string of the molecule is NC1(C(F)(F)c2ccc(Cl)cc2)CCCC1. The van der Waals surface area contributed by atoms with Gasteiger partial charge in [0.05, 0.1) is 5.54 Å². The summed E-state index contributed by atoms with van der Waals surface area (Å²) < 4.78 is 28.4. The summed E-state index contributed by atoms with van der Waals surface area (Å²) in [5.41, 5.74) is 4.40. The first-order valence-corrected chi connectivity index (χ1v) is 5.76. The van der Waals surface area contributed by atoms with Gasteiger partial charge in [0.2, 0.25) is 0 Å². The van der Waals surface area contributed by atoms with Gasteiger partial charge in [-0.1, -0.05) is 36.6 Å². The first kappa shape index (κ1) is 11.8. The number of halogens is 3. The molecule has 0 bridgehead atoms. The maximum Gasteiger partial charge on any atom is 0.290 e. The number of rotatable bonds is 2. The quantitative estimate of drug-likeness (QED) is 0.845. The van der Waals surface area contributed by atoms with E-state index < -0.39 is 11.5 Å². The molecule has 88 valence electrons. The van der Waals surface area contributed by atoms with Crippen molar-refractivity contribution >= 4 is 11.6 Å². The summed E-state index contributed by atoms with van der Waals surface area (Å²) in [6.45, 7) is 0. The Bertz CT molecular complexity index is 369. The number of benzene rings is 1. The van der Waals surface area contributed by atoms with E-state index in [2.05, 4.69) is 0 Å². The third-order valence-corrected chi connectivity index (χ3v) is 3.58. The van der Waals surface area contributed by atoms with E-state index in [0.717, 1.165) is 12.8 Å². The third-order valence-electron chi connectivity index (χ3n) is 3.33. The highest BCUT2D eigenvalue weighted by molar-refractivity contribution is 6.30. The molecule has 1 fully saturated rings. The predicted octanol–water partition coefficient (Wildman–Crippen LogP) is 3.70. The lowest BCUT2D eigenvalue weighted by atomic mass is 9.86. The molecule has 1 nitrogen and oxygen atoms in total. The average molecular weight is 246 g/mol. The molecule has 0 amide bonds. The van der Waals surface area contributed by atoms with Gasteiger partial charge in [-0.05, 0) is 25.0 Å². The Kier molecular flexibility index (Phi) is 2.93. The smallest absolute Gasteiger partial charge is 0.290 e. The summed E-state index contributed by atoms with van der Waals surface area (Å²) in [5.74, 6) is -2.98. The molecule has 2 rings (SSSR count). The van der Waals surface area contributed by atoms with Crippen molar-refractivity contribution in [3.63, 3.8) is 0 Å². The summed E-state index contributed by atoms with van der Waals surface area (Å²) in [5, 5.41) is 0.456. The number of alkyl halides is 2. The molecule has 0 heterocycles. The minimum Gasteiger partial charge on any atom is -0.320 e. The zero-order valence-electron chi connectivity index (χ0n) is 8.85. The second-order valence-electron chi connectivity index (χ2n) is 4.44. The normalized spacial score (nSPS) is 20.0. The minimum atomic E-state index is -2.98. The highest BCUT2D eigenvalue weighted by Gasteiger charge is 2.53. The molecule has 0 atom stereocenters. The van der Waals surface area contributed by atoms with Crippen molar-refractivity contribution in [1.29, 1.82) is 0 Å². The minimum absolute atomic E-state index is 0.0405. The third kappa shape index (κ3) is 1.82. The molecule has 1 saturated carbocycles. The van der Waals surface area contributed by atoms with Crippen LogP contribution in [0.2, 0.25) is 5.02 Å². The van der Waals surface area contributed by atoms with E-state index in [1.807, 2.05) is 0 Å². The second-order valence-corrected chi connectivity index (χ2v) is 4.88. The zero-order valence-corrected chi connectivity index (χ0v) is 9.61. The Morgan fingerprint density at radius 2 is 1.62 bits per heavy atom. The van der Waals surface area contributed by atoms with Gasteiger partial charge >= 0.3 is 0 Å².